The second-order valence-corrected chi connectivity index (χ2v) is 17.3. The topological polar surface area (TPSA) is 268 Å². The number of rotatable bonds is 2. The Morgan fingerprint density at radius 3 is 2.65 bits per heavy atom. The lowest BCUT2D eigenvalue weighted by atomic mass is 10.0. The number of anilines is 1. The molecule has 2 saturated heterocycles. The van der Waals surface area contributed by atoms with E-state index in [0.29, 0.717) is 23.4 Å². The Kier molecular flexibility index (Phi) is 7.09. The number of aromatic nitrogens is 8. The fraction of sp³-hybridized carbons (Fsp3) is 0.565. The van der Waals surface area contributed by atoms with Crippen LogP contribution in [0.3, 0.4) is 0 Å². The summed E-state index contributed by atoms with van der Waals surface area (Å²) in [4.78, 5) is 58.2. The molecule has 4 aromatic heterocycles. The molecule has 2 unspecified atom stereocenters. The van der Waals surface area contributed by atoms with E-state index in [9.17, 15) is 29.4 Å². The molecule has 23 heteroatoms. The Morgan fingerprint density at radius 2 is 1.85 bits per heavy atom. The third-order valence-electron chi connectivity index (χ3n) is 9.06. The van der Waals surface area contributed by atoms with Crippen molar-refractivity contribution in [3.8, 4) is 0 Å². The highest BCUT2D eigenvalue weighted by Gasteiger charge is 2.74. The zero-order valence-corrected chi connectivity index (χ0v) is 27.1. The van der Waals surface area contributed by atoms with Gasteiger partial charge in [-0.25, -0.2) is 29.5 Å². The molecule has 2 saturated carbocycles. The maximum Gasteiger partial charge on any atom is 0.472 e. The van der Waals surface area contributed by atoms with E-state index in [0.717, 1.165) is 11.8 Å². The van der Waals surface area contributed by atoms with E-state index in [1.807, 2.05) is 0 Å². The number of nitrogens with one attached hydrogen (secondary N) is 1. The van der Waals surface area contributed by atoms with Crippen molar-refractivity contribution < 1.29 is 42.7 Å². The summed E-state index contributed by atoms with van der Waals surface area (Å²) in [5.41, 5.74) is 5.27. The predicted octanol–water partition coefficient (Wildman–Crippen LogP) is -0.119. The number of aryl methyl sites for hydroxylation is 1. The molecular weight excluding hydrogens is 688 g/mol. The van der Waals surface area contributed by atoms with Crippen LogP contribution < -0.4 is 11.3 Å². The minimum absolute atomic E-state index is 0.0234. The molecule has 6 heterocycles. The normalized spacial score (nSPS) is 41.1. The monoisotopic (exact) mass is 715 g/mol. The van der Waals surface area contributed by atoms with E-state index < -0.39 is 79.1 Å². The number of aliphatic hydroxyl groups is 2. The quantitative estimate of drug-likeness (QED) is 0.148. The molecule has 19 nitrogen and oxygen atoms in total. The average molecular weight is 716 g/mol. The van der Waals surface area contributed by atoms with Crippen molar-refractivity contribution in [1.82, 2.24) is 39.0 Å². The number of aliphatic hydroxyl groups excluding tert-OH is 2. The van der Waals surface area contributed by atoms with Gasteiger partial charge in [0.2, 0.25) is 0 Å². The van der Waals surface area contributed by atoms with E-state index in [1.165, 1.54) is 23.5 Å². The van der Waals surface area contributed by atoms with E-state index in [-0.39, 0.29) is 23.6 Å². The van der Waals surface area contributed by atoms with Crippen LogP contribution in [0, 0.1) is 18.3 Å². The maximum atomic E-state index is 13.5. The highest BCUT2D eigenvalue weighted by molar-refractivity contribution is 8.07. The zero-order chi connectivity index (χ0) is 32.3. The van der Waals surface area contributed by atoms with Crippen LogP contribution in [-0.2, 0) is 34.5 Å². The number of nitrogens with zero attached hydrogens (tertiary/aromatic N) is 7. The first-order chi connectivity index (χ1) is 21.8. The summed E-state index contributed by atoms with van der Waals surface area (Å²) in [5, 5.41) is 21.1. The minimum atomic E-state index is -4.91. The number of hydrogen-bond acceptors (Lipinski definition) is 16. The molecule has 246 valence electrons. The number of phosphoric acid groups is 1. The lowest BCUT2D eigenvalue weighted by Crippen LogP contribution is -2.38. The fourth-order valence-corrected chi connectivity index (χ4v) is 11.1. The SMILES string of the molecule is Cc1nc2c(ncn2[C@@H]2S[C@@H]3COP(O)(=S)O[C@H]4[C@@H](O)[C@H](n5cnc6c(N)ncnc65)[C@H]5C[C@@]54COP(=O)(O)O[C@@H]2[C@@H]3O)c(=O)[nH]1. The molecule has 0 aromatic carbocycles. The number of nitrogen functional groups attached to an aromatic ring is 1. The average Bonchev–Trinajstić information content (AvgIpc) is 3.26. The van der Waals surface area contributed by atoms with Crippen molar-refractivity contribution in [2.24, 2.45) is 11.3 Å². The Labute approximate surface area is 267 Å². The van der Waals surface area contributed by atoms with Gasteiger partial charge in [0.1, 0.15) is 41.4 Å². The molecule has 2 bridgehead atoms. The molecule has 1 spiro atoms. The lowest BCUT2D eigenvalue weighted by molar-refractivity contribution is -0.0259. The van der Waals surface area contributed by atoms with Crippen LogP contribution >= 0.6 is 26.3 Å². The number of H-pyrrole nitrogens is 1. The summed E-state index contributed by atoms with van der Waals surface area (Å²) in [5.74, 6) is 0.0632. The molecule has 46 heavy (non-hydrogen) atoms. The summed E-state index contributed by atoms with van der Waals surface area (Å²) in [6, 6.07) is -0.707. The summed E-state index contributed by atoms with van der Waals surface area (Å²) < 4.78 is 39.4. The predicted molar refractivity (Wildman–Crippen MR) is 163 cm³/mol. The van der Waals surface area contributed by atoms with Crippen molar-refractivity contribution in [1.29, 1.82) is 0 Å². The van der Waals surface area contributed by atoms with E-state index >= 15 is 0 Å². The van der Waals surface area contributed by atoms with Gasteiger partial charge in [-0.15, -0.1) is 11.8 Å². The van der Waals surface area contributed by atoms with Gasteiger partial charge < -0.3 is 44.3 Å². The minimum Gasteiger partial charge on any atom is -0.389 e. The highest BCUT2D eigenvalue weighted by atomic mass is 32.5. The van der Waals surface area contributed by atoms with Gasteiger partial charge in [-0.3, -0.25) is 18.4 Å². The molecule has 0 amide bonds. The van der Waals surface area contributed by atoms with Crippen LogP contribution in [0.1, 0.15) is 23.7 Å². The largest absolute Gasteiger partial charge is 0.472 e. The van der Waals surface area contributed by atoms with Gasteiger partial charge in [-0.05, 0) is 31.1 Å². The molecule has 11 atom stereocenters. The number of nitrogens with two attached hydrogens (primary N) is 1. The van der Waals surface area contributed by atoms with E-state index in [2.05, 4.69) is 29.9 Å². The van der Waals surface area contributed by atoms with Crippen LogP contribution in [-0.4, -0.2) is 102 Å². The Bertz CT molecular complexity index is 2050. The van der Waals surface area contributed by atoms with Crippen molar-refractivity contribution in [2.75, 3.05) is 18.9 Å². The van der Waals surface area contributed by atoms with Crippen LogP contribution in [0.4, 0.5) is 5.82 Å². The molecule has 4 aromatic rings. The molecule has 2 aliphatic carbocycles. The van der Waals surface area contributed by atoms with Crippen LogP contribution in [0.5, 0.6) is 0 Å². The summed E-state index contributed by atoms with van der Waals surface area (Å²) >= 11 is 6.43. The maximum absolute atomic E-state index is 13.5. The van der Waals surface area contributed by atoms with Crippen molar-refractivity contribution in [3.63, 3.8) is 0 Å². The molecule has 7 N–H and O–H groups in total. The summed E-state index contributed by atoms with van der Waals surface area (Å²) in [7, 11) is -4.91. The highest BCUT2D eigenvalue weighted by Crippen LogP contribution is 2.72. The van der Waals surface area contributed by atoms with Gasteiger partial charge in [0.25, 0.3) is 5.56 Å². The Morgan fingerprint density at radius 1 is 1.09 bits per heavy atom. The molecule has 2 aliphatic heterocycles. The Hall–Kier alpha value is -2.39. The standard InChI is InChI=1S/C23H27N9O10P2S2/c1-8-29-20-12(21(35)30-8)28-7-32(20)22-16-14(33)10(46-22)3-39-44(38,45)42-17-15(34)13(9-2-23(9,17)4-40-43(36,37)41-16)31-6-27-11-18(24)25-5-26-19(11)31/h5-7,9-10,13-17,22,33-34H,2-4H2,1H3,(H,36,37)(H,38,45)(H2,24,25,26)(H,29,30,35)/t9-,10-,13-,14-,15+,16-,17+,22-,23-,44?/m1/s1. The molecule has 0 radical (unpaired) electrons. The first kappa shape index (κ1) is 30.9. The van der Waals surface area contributed by atoms with Crippen LogP contribution in [0.25, 0.3) is 22.3 Å². The van der Waals surface area contributed by atoms with Gasteiger partial charge in [-0.2, -0.15) is 0 Å². The number of hydrogen-bond donors (Lipinski definition) is 6. The molecular formula is C23H27N9O10P2S2. The van der Waals surface area contributed by atoms with Crippen LogP contribution in [0.2, 0.25) is 0 Å². The molecule has 4 aliphatic rings. The number of phosphoric ester groups is 1. The number of imidazole rings is 2. The third-order valence-corrected chi connectivity index (χ3v) is 13.1. The van der Waals surface area contributed by atoms with E-state index in [1.54, 1.807) is 11.5 Å². The number of thioether (sulfide) groups is 1. The number of aromatic amines is 1. The summed E-state index contributed by atoms with van der Waals surface area (Å²) in [6.45, 7) is -3.28. The van der Waals surface area contributed by atoms with Crippen molar-refractivity contribution in [3.05, 3.63) is 35.2 Å². The van der Waals surface area contributed by atoms with Crippen LogP contribution in [0.15, 0.2) is 23.8 Å². The first-order valence-corrected chi connectivity index (χ1v) is 19.0. The fourth-order valence-electron chi connectivity index (χ4n) is 6.90. The third kappa shape index (κ3) is 4.80. The molecule has 8 rings (SSSR count). The van der Waals surface area contributed by atoms with Gasteiger partial charge in [0, 0.05) is 5.41 Å². The Balaban J connectivity index is 1.14. The number of fused-ring (bicyclic) bond motifs is 4. The smallest absolute Gasteiger partial charge is 0.389 e. The first-order valence-electron chi connectivity index (χ1n) is 14.0. The van der Waals surface area contributed by atoms with Crippen molar-refractivity contribution >= 4 is 66.3 Å². The van der Waals surface area contributed by atoms with Crippen molar-refractivity contribution in [2.45, 2.75) is 54.4 Å². The lowest BCUT2D eigenvalue weighted by Gasteiger charge is -2.31. The zero-order valence-electron chi connectivity index (χ0n) is 23.6. The molecule has 4 fully saturated rings. The summed E-state index contributed by atoms with van der Waals surface area (Å²) in [6.07, 6.45) is -0.888. The van der Waals surface area contributed by atoms with Gasteiger partial charge in [0.15, 0.2) is 22.6 Å². The van der Waals surface area contributed by atoms with Gasteiger partial charge in [0.05, 0.1) is 43.3 Å². The second kappa shape index (κ2) is 10.6. The van der Waals surface area contributed by atoms with Gasteiger partial charge in [-0.1, -0.05) is 0 Å². The second-order valence-electron chi connectivity index (χ2n) is 11.7. The van der Waals surface area contributed by atoms with E-state index in [4.69, 9.17) is 35.6 Å². The van der Waals surface area contributed by atoms with Gasteiger partial charge >= 0.3 is 14.5 Å².